The summed E-state index contributed by atoms with van der Waals surface area (Å²) in [5.41, 5.74) is 1.74. The van der Waals surface area contributed by atoms with Crippen LogP contribution in [-0.2, 0) is 9.53 Å². The van der Waals surface area contributed by atoms with Gasteiger partial charge in [0.2, 0.25) is 5.91 Å². The van der Waals surface area contributed by atoms with Crippen LogP contribution in [0.5, 0.6) is 0 Å². The zero-order valence-electron chi connectivity index (χ0n) is 15.2. The van der Waals surface area contributed by atoms with Gasteiger partial charge in [-0.05, 0) is 26.1 Å². The summed E-state index contributed by atoms with van der Waals surface area (Å²) < 4.78 is 5.20. The first-order valence-electron chi connectivity index (χ1n) is 8.57. The number of anilines is 1. The second-order valence-corrected chi connectivity index (χ2v) is 6.85. The maximum absolute atomic E-state index is 12.5. The van der Waals surface area contributed by atoms with E-state index in [1.165, 1.54) is 11.3 Å². The molecule has 140 valence electrons. The fourth-order valence-corrected chi connectivity index (χ4v) is 3.75. The largest absolute Gasteiger partial charge is 0.462 e. The van der Waals surface area contributed by atoms with Crippen LogP contribution in [0.1, 0.15) is 31.1 Å². The van der Waals surface area contributed by atoms with Crippen LogP contribution in [0.15, 0.2) is 29.6 Å². The average molecular weight is 395 g/mol. The summed E-state index contributed by atoms with van der Waals surface area (Å²) in [4.78, 5) is 26.9. The molecule has 1 heterocycles. The molecule has 0 saturated heterocycles. The molecule has 0 fully saturated rings. The number of benzene rings is 1. The summed E-state index contributed by atoms with van der Waals surface area (Å²) in [6, 6.07) is 7.29. The molecule has 0 bridgehead atoms. The molecule has 7 heteroatoms. The van der Waals surface area contributed by atoms with Crippen molar-refractivity contribution in [3.63, 3.8) is 0 Å². The number of hydrogen-bond acceptors (Lipinski definition) is 5. The lowest BCUT2D eigenvalue weighted by Gasteiger charge is -2.17. The van der Waals surface area contributed by atoms with E-state index < -0.39 is 5.97 Å². The second-order valence-electron chi connectivity index (χ2n) is 5.56. The van der Waals surface area contributed by atoms with Gasteiger partial charge >= 0.3 is 5.97 Å². The van der Waals surface area contributed by atoms with Gasteiger partial charge in [-0.25, -0.2) is 4.79 Å². The number of rotatable bonds is 8. The van der Waals surface area contributed by atoms with Gasteiger partial charge < -0.3 is 10.1 Å². The van der Waals surface area contributed by atoms with Crippen LogP contribution in [0.4, 0.5) is 5.00 Å². The highest BCUT2D eigenvalue weighted by Crippen LogP contribution is 2.39. The Morgan fingerprint density at radius 1 is 1.15 bits per heavy atom. The molecular weight excluding hydrogens is 372 g/mol. The molecule has 0 unspecified atom stereocenters. The van der Waals surface area contributed by atoms with Crippen molar-refractivity contribution >= 4 is 39.8 Å². The lowest BCUT2D eigenvalue weighted by atomic mass is 10.0. The van der Waals surface area contributed by atoms with E-state index >= 15 is 0 Å². The number of carbonyl (C=O) groups excluding carboxylic acids is 2. The van der Waals surface area contributed by atoms with Crippen molar-refractivity contribution in [1.82, 2.24) is 4.90 Å². The quantitative estimate of drug-likeness (QED) is 0.668. The summed E-state index contributed by atoms with van der Waals surface area (Å²) in [7, 11) is 0. The average Bonchev–Trinajstić information content (AvgIpc) is 3.03. The number of halogens is 1. The molecule has 2 aromatic rings. The molecular formula is C19H23ClN2O3S. The molecule has 0 aliphatic heterocycles. The van der Waals surface area contributed by atoms with Crippen molar-refractivity contribution < 1.29 is 14.3 Å². The molecule has 0 aliphatic rings. The maximum atomic E-state index is 12.5. The van der Waals surface area contributed by atoms with Gasteiger partial charge in [0.05, 0.1) is 13.2 Å². The Bertz CT molecular complexity index is 772. The van der Waals surface area contributed by atoms with Crippen molar-refractivity contribution in [3.8, 4) is 11.1 Å². The molecule has 0 aliphatic carbocycles. The van der Waals surface area contributed by atoms with Gasteiger partial charge in [0.1, 0.15) is 10.6 Å². The molecule has 5 nitrogen and oxygen atoms in total. The van der Waals surface area contributed by atoms with Crippen LogP contribution in [0.2, 0.25) is 5.02 Å². The van der Waals surface area contributed by atoms with Crippen molar-refractivity contribution in [3.05, 3.63) is 40.2 Å². The zero-order chi connectivity index (χ0) is 19.1. The maximum Gasteiger partial charge on any atom is 0.341 e. The number of ether oxygens (including phenoxy) is 1. The molecule has 0 spiro atoms. The number of carbonyl (C=O) groups is 2. The van der Waals surface area contributed by atoms with Crippen LogP contribution >= 0.6 is 22.9 Å². The standard InChI is InChI=1S/C19H23ClN2O3S/c1-4-22(5-2)11-16(23)21-18-17(19(24)25-6-3)14(12-26-18)13-9-7-8-10-15(13)20/h7-10,12H,4-6,11H2,1-3H3,(H,21,23). The van der Waals surface area contributed by atoms with E-state index in [-0.39, 0.29) is 19.1 Å². The Labute approximate surface area is 162 Å². The first-order valence-corrected chi connectivity index (χ1v) is 9.83. The Morgan fingerprint density at radius 3 is 2.46 bits per heavy atom. The SMILES string of the molecule is CCOC(=O)c1c(-c2ccccc2Cl)csc1NC(=O)CN(CC)CC. The minimum absolute atomic E-state index is 0.160. The summed E-state index contributed by atoms with van der Waals surface area (Å²) in [6.45, 7) is 7.84. The highest BCUT2D eigenvalue weighted by atomic mass is 35.5. The van der Waals surface area contributed by atoms with E-state index in [1.54, 1.807) is 13.0 Å². The van der Waals surface area contributed by atoms with Gasteiger partial charge in [-0.1, -0.05) is 43.6 Å². The van der Waals surface area contributed by atoms with E-state index in [0.29, 0.717) is 21.2 Å². The van der Waals surface area contributed by atoms with Gasteiger partial charge in [-0.3, -0.25) is 9.69 Å². The number of thiophene rings is 1. The monoisotopic (exact) mass is 394 g/mol. The Hall–Kier alpha value is -1.89. The summed E-state index contributed by atoms with van der Waals surface area (Å²) in [5.74, 6) is -0.631. The number of nitrogens with one attached hydrogen (secondary N) is 1. The van der Waals surface area contributed by atoms with Gasteiger partial charge in [0, 0.05) is 21.5 Å². The van der Waals surface area contributed by atoms with E-state index in [4.69, 9.17) is 16.3 Å². The van der Waals surface area contributed by atoms with Gasteiger partial charge in [0.25, 0.3) is 0 Å². The minimum atomic E-state index is -0.471. The second kappa shape index (κ2) is 9.71. The molecule has 0 saturated carbocycles. The van der Waals surface area contributed by atoms with Gasteiger partial charge in [0.15, 0.2) is 0 Å². The smallest absolute Gasteiger partial charge is 0.341 e. The third-order valence-electron chi connectivity index (χ3n) is 3.95. The van der Waals surface area contributed by atoms with Gasteiger partial charge in [-0.2, -0.15) is 0 Å². The van der Waals surface area contributed by atoms with Crippen LogP contribution in [0.25, 0.3) is 11.1 Å². The summed E-state index contributed by atoms with van der Waals surface area (Å²) in [5, 5.41) is 5.69. The molecule has 1 aromatic heterocycles. The van der Waals surface area contributed by atoms with E-state index in [0.717, 1.165) is 18.7 Å². The number of likely N-dealkylation sites (N-methyl/N-ethyl adjacent to an activating group) is 1. The topological polar surface area (TPSA) is 58.6 Å². The number of hydrogen-bond donors (Lipinski definition) is 1. The number of amides is 1. The van der Waals surface area contributed by atoms with Crippen LogP contribution in [-0.4, -0.2) is 43.0 Å². The molecule has 0 atom stereocenters. The Morgan fingerprint density at radius 2 is 1.85 bits per heavy atom. The van der Waals surface area contributed by atoms with Crippen molar-refractivity contribution in [1.29, 1.82) is 0 Å². The lowest BCUT2D eigenvalue weighted by molar-refractivity contribution is -0.117. The number of esters is 1. The third-order valence-corrected chi connectivity index (χ3v) is 5.17. The summed E-state index contributed by atoms with van der Waals surface area (Å²) >= 11 is 7.59. The fourth-order valence-electron chi connectivity index (χ4n) is 2.55. The molecule has 1 aromatic carbocycles. The lowest BCUT2D eigenvalue weighted by Crippen LogP contribution is -2.33. The third kappa shape index (κ3) is 4.84. The highest BCUT2D eigenvalue weighted by molar-refractivity contribution is 7.15. The fraction of sp³-hybridized carbons (Fsp3) is 0.368. The normalized spacial score (nSPS) is 10.8. The van der Waals surface area contributed by atoms with Crippen molar-refractivity contribution in [2.24, 2.45) is 0 Å². The highest BCUT2D eigenvalue weighted by Gasteiger charge is 2.24. The zero-order valence-corrected chi connectivity index (χ0v) is 16.7. The predicted octanol–water partition coefficient (Wildman–Crippen LogP) is 4.53. The Balaban J connectivity index is 2.36. The number of nitrogens with zero attached hydrogens (tertiary/aromatic N) is 1. The predicted molar refractivity (Wildman–Crippen MR) is 107 cm³/mol. The molecule has 2 rings (SSSR count). The van der Waals surface area contributed by atoms with E-state index in [2.05, 4.69) is 5.32 Å². The molecule has 1 N–H and O–H groups in total. The first kappa shape index (κ1) is 20.4. The summed E-state index contributed by atoms with van der Waals surface area (Å²) in [6.07, 6.45) is 0. The molecule has 1 amide bonds. The van der Waals surface area contributed by atoms with Crippen LogP contribution < -0.4 is 5.32 Å². The first-order chi connectivity index (χ1) is 12.5. The van der Waals surface area contributed by atoms with Crippen molar-refractivity contribution in [2.75, 3.05) is 31.6 Å². The molecule has 0 radical (unpaired) electrons. The minimum Gasteiger partial charge on any atom is -0.462 e. The van der Waals surface area contributed by atoms with Crippen LogP contribution in [0.3, 0.4) is 0 Å². The molecule has 26 heavy (non-hydrogen) atoms. The van der Waals surface area contributed by atoms with Crippen molar-refractivity contribution in [2.45, 2.75) is 20.8 Å². The Kier molecular flexibility index (Phi) is 7.63. The van der Waals surface area contributed by atoms with E-state index in [9.17, 15) is 9.59 Å². The van der Waals surface area contributed by atoms with E-state index in [1.807, 2.05) is 42.3 Å². The van der Waals surface area contributed by atoms with Gasteiger partial charge in [-0.15, -0.1) is 11.3 Å². The van der Waals surface area contributed by atoms with Crippen LogP contribution in [0, 0.1) is 0 Å².